The van der Waals surface area contributed by atoms with Gasteiger partial charge in [-0.05, 0) is 71.8 Å². The molecule has 6 atom stereocenters. The lowest BCUT2D eigenvalue weighted by Crippen LogP contribution is -2.22. The van der Waals surface area contributed by atoms with E-state index < -0.39 is 12.2 Å². The molecule has 3 aromatic carbocycles. The maximum atomic E-state index is 10.9. The van der Waals surface area contributed by atoms with Gasteiger partial charge in [0.15, 0.2) is 34.5 Å². The topological polar surface area (TPSA) is 95.8 Å². The van der Waals surface area contributed by atoms with Crippen molar-refractivity contribution in [3.8, 4) is 34.5 Å². The molecule has 2 heterocycles. The predicted molar refractivity (Wildman–Crippen MR) is 140 cm³/mol. The van der Waals surface area contributed by atoms with E-state index >= 15 is 0 Å². The van der Waals surface area contributed by atoms with Gasteiger partial charge in [-0.3, -0.25) is 0 Å². The number of hydrogen-bond donors (Lipinski definition) is 2. The van der Waals surface area contributed by atoms with Gasteiger partial charge in [0.2, 0.25) is 6.79 Å². The second-order valence-corrected chi connectivity index (χ2v) is 9.92. The van der Waals surface area contributed by atoms with Crippen molar-refractivity contribution in [1.29, 1.82) is 0 Å². The molecule has 0 aromatic heterocycles. The number of aliphatic hydroxyl groups is 1. The number of aromatic hydroxyl groups is 1. The van der Waals surface area contributed by atoms with Gasteiger partial charge in [0.1, 0.15) is 12.2 Å². The van der Waals surface area contributed by atoms with E-state index in [2.05, 4.69) is 13.8 Å². The largest absolute Gasteiger partial charge is 0.504 e. The Balaban J connectivity index is 1.32. The molecule has 0 bridgehead atoms. The van der Waals surface area contributed by atoms with Crippen molar-refractivity contribution in [3.05, 3.63) is 71.3 Å². The number of methoxy groups -OCH3 is 2. The minimum atomic E-state index is -0.879. The lowest BCUT2D eigenvalue weighted by atomic mass is 9.85. The van der Waals surface area contributed by atoms with E-state index in [1.54, 1.807) is 31.4 Å². The van der Waals surface area contributed by atoms with Gasteiger partial charge in [-0.2, -0.15) is 0 Å². The van der Waals surface area contributed by atoms with Gasteiger partial charge in [-0.1, -0.05) is 32.0 Å². The van der Waals surface area contributed by atoms with E-state index in [1.807, 2.05) is 37.3 Å². The fourth-order valence-electron chi connectivity index (χ4n) is 5.18. The molecule has 1 fully saturated rings. The Morgan fingerprint density at radius 1 is 0.789 bits per heavy atom. The average Bonchev–Trinajstić information content (AvgIpc) is 3.52. The molecule has 202 valence electrons. The SMILES string of the molecule is COc1cc([C@H]2O[C@H](c3ccc(O[C@H](C)[C@H](O)c4ccc5c(c4)OCO5)c(OC)c3)[C@H](C)[C@H]2C)ccc1O. The number of rotatable bonds is 8. The van der Waals surface area contributed by atoms with E-state index in [0.717, 1.165) is 11.1 Å². The normalized spacial score (nSPS) is 23.6. The van der Waals surface area contributed by atoms with Crippen molar-refractivity contribution in [2.24, 2.45) is 11.8 Å². The van der Waals surface area contributed by atoms with E-state index in [9.17, 15) is 10.2 Å². The summed E-state index contributed by atoms with van der Waals surface area (Å²) in [6, 6.07) is 16.5. The highest BCUT2D eigenvalue weighted by atomic mass is 16.7. The van der Waals surface area contributed by atoms with Crippen molar-refractivity contribution in [2.45, 2.75) is 45.2 Å². The van der Waals surface area contributed by atoms with Crippen LogP contribution in [0.2, 0.25) is 0 Å². The smallest absolute Gasteiger partial charge is 0.231 e. The van der Waals surface area contributed by atoms with Gasteiger partial charge in [-0.15, -0.1) is 0 Å². The Bertz CT molecular complexity index is 1290. The Morgan fingerprint density at radius 3 is 2.11 bits per heavy atom. The minimum absolute atomic E-state index is 0.102. The Kier molecular flexibility index (Phi) is 7.27. The summed E-state index contributed by atoms with van der Waals surface area (Å²) in [5.41, 5.74) is 2.61. The molecular formula is C30H34O8. The zero-order chi connectivity index (χ0) is 27.0. The molecule has 8 nitrogen and oxygen atoms in total. The fraction of sp³-hybridized carbons (Fsp3) is 0.400. The van der Waals surface area contributed by atoms with Crippen LogP contribution >= 0.6 is 0 Å². The summed E-state index contributed by atoms with van der Waals surface area (Å²) in [6.07, 6.45) is -1.74. The van der Waals surface area contributed by atoms with Crippen molar-refractivity contribution < 1.29 is 38.6 Å². The fourth-order valence-corrected chi connectivity index (χ4v) is 5.18. The van der Waals surface area contributed by atoms with Gasteiger partial charge in [-0.25, -0.2) is 0 Å². The van der Waals surface area contributed by atoms with Crippen LogP contribution in [0.5, 0.6) is 34.5 Å². The zero-order valence-electron chi connectivity index (χ0n) is 22.2. The summed E-state index contributed by atoms with van der Waals surface area (Å²) in [7, 11) is 3.13. The predicted octanol–water partition coefficient (Wildman–Crippen LogP) is 5.72. The molecule has 8 heteroatoms. The lowest BCUT2D eigenvalue weighted by molar-refractivity contribution is 0.0284. The summed E-state index contributed by atoms with van der Waals surface area (Å²) < 4.78 is 34.4. The van der Waals surface area contributed by atoms with Crippen molar-refractivity contribution in [2.75, 3.05) is 21.0 Å². The number of phenols is 1. The maximum absolute atomic E-state index is 10.9. The molecule has 0 unspecified atom stereocenters. The van der Waals surface area contributed by atoms with Crippen molar-refractivity contribution in [3.63, 3.8) is 0 Å². The van der Waals surface area contributed by atoms with E-state index in [4.69, 9.17) is 28.4 Å². The third-order valence-corrected chi connectivity index (χ3v) is 7.62. The number of benzene rings is 3. The molecule has 3 aromatic rings. The molecule has 0 aliphatic carbocycles. The highest BCUT2D eigenvalue weighted by Gasteiger charge is 2.41. The standard InChI is InChI=1S/C30H34O8/c1-16-17(2)30(38-29(16)20-6-9-22(31)25(13-20)33-4)21-8-11-24(26(14-21)34-5)37-18(3)28(32)19-7-10-23-27(12-19)36-15-35-23/h6-14,16-18,28-32H,15H2,1-5H3/t16-,17-,18-,28+,29+,30+/m1/s1. The first-order chi connectivity index (χ1) is 18.3. The maximum Gasteiger partial charge on any atom is 0.231 e. The monoisotopic (exact) mass is 522 g/mol. The second kappa shape index (κ2) is 10.6. The Morgan fingerprint density at radius 2 is 1.42 bits per heavy atom. The molecule has 1 saturated heterocycles. The van der Waals surface area contributed by atoms with Gasteiger partial charge < -0.3 is 38.6 Å². The summed E-state index contributed by atoms with van der Waals surface area (Å²) in [4.78, 5) is 0. The first-order valence-electron chi connectivity index (χ1n) is 12.7. The van der Waals surface area contributed by atoms with Crippen LogP contribution in [-0.4, -0.2) is 37.3 Å². The van der Waals surface area contributed by atoms with E-state index in [1.165, 1.54) is 7.11 Å². The second-order valence-electron chi connectivity index (χ2n) is 9.92. The number of ether oxygens (including phenoxy) is 6. The van der Waals surface area contributed by atoms with Crippen LogP contribution in [-0.2, 0) is 4.74 Å². The van der Waals surface area contributed by atoms with Crippen LogP contribution in [0.1, 0.15) is 55.8 Å². The van der Waals surface area contributed by atoms with Crippen LogP contribution < -0.4 is 23.7 Å². The van der Waals surface area contributed by atoms with Gasteiger partial charge >= 0.3 is 0 Å². The molecule has 0 spiro atoms. The molecular weight excluding hydrogens is 488 g/mol. The molecule has 2 N–H and O–H groups in total. The van der Waals surface area contributed by atoms with Gasteiger partial charge in [0.05, 0.1) is 26.4 Å². The number of aliphatic hydroxyl groups excluding tert-OH is 1. The first-order valence-corrected chi connectivity index (χ1v) is 12.7. The Hall–Kier alpha value is -3.62. The van der Waals surface area contributed by atoms with Crippen molar-refractivity contribution in [1.82, 2.24) is 0 Å². The summed E-state index contributed by atoms with van der Waals surface area (Å²) >= 11 is 0. The van der Waals surface area contributed by atoms with Gasteiger partial charge in [0.25, 0.3) is 0 Å². The third kappa shape index (κ3) is 4.81. The molecule has 5 rings (SSSR count). The molecule has 0 saturated carbocycles. The highest BCUT2D eigenvalue weighted by Crippen LogP contribution is 2.50. The number of hydrogen-bond acceptors (Lipinski definition) is 8. The quantitative estimate of drug-likeness (QED) is 0.388. The first kappa shape index (κ1) is 26.0. The summed E-state index contributed by atoms with van der Waals surface area (Å²) in [5.74, 6) is 3.35. The average molecular weight is 523 g/mol. The summed E-state index contributed by atoms with van der Waals surface area (Å²) in [5, 5.41) is 20.9. The van der Waals surface area contributed by atoms with Gasteiger partial charge in [0, 0.05) is 0 Å². The van der Waals surface area contributed by atoms with Crippen LogP contribution in [0.4, 0.5) is 0 Å². The molecule has 0 amide bonds. The third-order valence-electron chi connectivity index (χ3n) is 7.62. The van der Waals surface area contributed by atoms with E-state index in [-0.39, 0.29) is 36.6 Å². The minimum Gasteiger partial charge on any atom is -0.504 e. The highest BCUT2D eigenvalue weighted by molar-refractivity contribution is 5.47. The lowest BCUT2D eigenvalue weighted by Gasteiger charge is -2.23. The van der Waals surface area contributed by atoms with Crippen LogP contribution in [0, 0.1) is 11.8 Å². The molecule has 2 aliphatic heterocycles. The van der Waals surface area contributed by atoms with E-state index in [0.29, 0.717) is 34.3 Å². The number of phenolic OH excluding ortho intramolecular Hbond substituents is 1. The summed E-state index contributed by atoms with van der Waals surface area (Å²) in [6.45, 7) is 6.33. The van der Waals surface area contributed by atoms with Crippen LogP contribution in [0.25, 0.3) is 0 Å². The number of fused-ring (bicyclic) bond motifs is 1. The molecule has 2 aliphatic rings. The van der Waals surface area contributed by atoms with Crippen LogP contribution in [0.3, 0.4) is 0 Å². The Labute approximate surface area is 222 Å². The van der Waals surface area contributed by atoms with Crippen molar-refractivity contribution >= 4 is 0 Å². The molecule has 0 radical (unpaired) electrons. The molecule has 38 heavy (non-hydrogen) atoms. The van der Waals surface area contributed by atoms with Crippen LogP contribution in [0.15, 0.2) is 54.6 Å². The zero-order valence-corrected chi connectivity index (χ0v) is 22.2.